The molecule has 1 unspecified atom stereocenters. The Labute approximate surface area is 127 Å². The van der Waals surface area contributed by atoms with Gasteiger partial charge in [-0.15, -0.1) is 6.58 Å². The Balaban J connectivity index is 2.29. The van der Waals surface area contributed by atoms with Gasteiger partial charge in [-0.3, -0.25) is 4.79 Å². The Kier molecular flexibility index (Phi) is 4.42. The smallest absolute Gasteiger partial charge is 0.174 e. The molecule has 0 N–H and O–H groups in total. The molecule has 1 atom stereocenters. The molecule has 0 radical (unpaired) electrons. The molecule has 0 aliphatic rings. The van der Waals surface area contributed by atoms with Crippen LogP contribution in [0.2, 0.25) is 0 Å². The summed E-state index contributed by atoms with van der Waals surface area (Å²) in [6, 6.07) is 17.7. The van der Waals surface area contributed by atoms with Gasteiger partial charge in [0, 0.05) is 5.56 Å². The summed E-state index contributed by atoms with van der Waals surface area (Å²) in [6.07, 6.45) is 1.72. The Hall–Kier alpha value is -2.15. The van der Waals surface area contributed by atoms with Crippen molar-refractivity contribution in [1.82, 2.24) is 0 Å². The number of hydrogen-bond acceptors (Lipinski definition) is 1. The van der Waals surface area contributed by atoms with Gasteiger partial charge in [0.2, 0.25) is 0 Å². The third kappa shape index (κ3) is 3.49. The van der Waals surface area contributed by atoms with Gasteiger partial charge in [-0.25, -0.2) is 0 Å². The number of Topliss-reactive ketones (excluding diaryl/α,β-unsaturated/α-hetero) is 1. The van der Waals surface area contributed by atoms with Crippen LogP contribution in [0.5, 0.6) is 0 Å². The van der Waals surface area contributed by atoms with E-state index in [2.05, 4.69) is 27.4 Å². The molecule has 0 aromatic heterocycles. The lowest BCUT2D eigenvalue weighted by Crippen LogP contribution is -2.13. The quantitative estimate of drug-likeness (QED) is 0.559. The van der Waals surface area contributed by atoms with Crippen LogP contribution in [0.3, 0.4) is 0 Å². The molecule has 1 nitrogen and oxygen atoms in total. The number of ketones is 1. The van der Waals surface area contributed by atoms with E-state index in [-0.39, 0.29) is 17.1 Å². The maximum absolute atomic E-state index is 12.7. The minimum Gasteiger partial charge on any atom is -0.293 e. The van der Waals surface area contributed by atoms with E-state index in [9.17, 15) is 4.79 Å². The predicted octanol–water partition coefficient (Wildman–Crippen LogP) is 5.14. The van der Waals surface area contributed by atoms with Gasteiger partial charge in [-0.05, 0) is 16.5 Å². The fraction of sp³-hybridized carbons (Fsp3) is 0.250. The number of allylic oxidation sites excluding steroid dienone is 1. The van der Waals surface area contributed by atoms with E-state index in [1.54, 1.807) is 6.08 Å². The Morgan fingerprint density at radius 2 is 1.57 bits per heavy atom. The molecule has 21 heavy (non-hydrogen) atoms. The highest BCUT2D eigenvalue weighted by Crippen LogP contribution is 2.25. The van der Waals surface area contributed by atoms with E-state index >= 15 is 0 Å². The Bertz CT molecular complexity index is 615. The maximum Gasteiger partial charge on any atom is 0.174 e. The van der Waals surface area contributed by atoms with Crippen LogP contribution in [0.4, 0.5) is 0 Å². The summed E-state index contributed by atoms with van der Waals surface area (Å²) in [6.45, 7) is 10.3. The van der Waals surface area contributed by atoms with Crippen LogP contribution in [-0.2, 0) is 5.41 Å². The summed E-state index contributed by atoms with van der Waals surface area (Å²) in [7, 11) is 0. The third-order valence-electron chi connectivity index (χ3n) is 3.71. The highest BCUT2D eigenvalue weighted by Gasteiger charge is 2.20. The van der Waals surface area contributed by atoms with Gasteiger partial charge in [-0.1, -0.05) is 81.4 Å². The second-order valence-corrected chi connectivity index (χ2v) is 6.32. The van der Waals surface area contributed by atoms with Gasteiger partial charge in [0.05, 0.1) is 5.92 Å². The topological polar surface area (TPSA) is 17.1 Å². The average molecular weight is 278 g/mol. The van der Waals surface area contributed by atoms with Crippen molar-refractivity contribution in [1.29, 1.82) is 0 Å². The zero-order valence-electron chi connectivity index (χ0n) is 13.0. The fourth-order valence-corrected chi connectivity index (χ4v) is 2.37. The standard InChI is InChI=1S/C20H22O/c1-5-18(15-9-7-6-8-10-15)19(21)16-11-13-17(14-12-16)20(2,3)4/h5-14,18H,1H2,2-4H3. The van der Waals surface area contributed by atoms with E-state index in [0.717, 1.165) is 11.1 Å². The molecule has 108 valence electrons. The molecule has 2 aromatic rings. The highest BCUT2D eigenvalue weighted by molar-refractivity contribution is 6.02. The van der Waals surface area contributed by atoms with Crippen LogP contribution in [0, 0.1) is 0 Å². The predicted molar refractivity (Wildman–Crippen MR) is 88.9 cm³/mol. The van der Waals surface area contributed by atoms with Crippen molar-refractivity contribution in [2.45, 2.75) is 32.1 Å². The fourth-order valence-electron chi connectivity index (χ4n) is 2.37. The monoisotopic (exact) mass is 278 g/mol. The third-order valence-corrected chi connectivity index (χ3v) is 3.71. The molecule has 0 amide bonds. The van der Waals surface area contributed by atoms with Crippen LogP contribution in [0.15, 0.2) is 67.3 Å². The number of carbonyl (C=O) groups is 1. The van der Waals surface area contributed by atoms with Gasteiger partial charge >= 0.3 is 0 Å². The lowest BCUT2D eigenvalue weighted by atomic mass is 9.85. The van der Waals surface area contributed by atoms with Crippen molar-refractivity contribution in [3.05, 3.63) is 83.9 Å². The summed E-state index contributed by atoms with van der Waals surface area (Å²) in [4.78, 5) is 12.7. The summed E-state index contributed by atoms with van der Waals surface area (Å²) in [5.41, 5.74) is 3.04. The molecule has 0 aliphatic carbocycles. The number of carbonyl (C=O) groups excluding carboxylic acids is 1. The highest BCUT2D eigenvalue weighted by atomic mass is 16.1. The van der Waals surface area contributed by atoms with Crippen LogP contribution < -0.4 is 0 Å². The van der Waals surface area contributed by atoms with Gasteiger partial charge in [-0.2, -0.15) is 0 Å². The van der Waals surface area contributed by atoms with Crippen molar-refractivity contribution in [2.75, 3.05) is 0 Å². The van der Waals surface area contributed by atoms with Crippen LogP contribution in [0.1, 0.15) is 48.2 Å². The molecule has 0 bridgehead atoms. The van der Waals surface area contributed by atoms with E-state index in [4.69, 9.17) is 0 Å². The normalized spacial score (nSPS) is 12.7. The minimum atomic E-state index is -0.285. The van der Waals surface area contributed by atoms with Crippen molar-refractivity contribution >= 4 is 5.78 Å². The lowest BCUT2D eigenvalue weighted by Gasteiger charge is -2.19. The summed E-state index contributed by atoms with van der Waals surface area (Å²) >= 11 is 0. The summed E-state index contributed by atoms with van der Waals surface area (Å²) in [5.74, 6) is -0.191. The summed E-state index contributed by atoms with van der Waals surface area (Å²) in [5, 5.41) is 0. The number of hydrogen-bond donors (Lipinski definition) is 0. The van der Waals surface area contributed by atoms with Crippen LogP contribution >= 0.6 is 0 Å². The SMILES string of the molecule is C=CC(C(=O)c1ccc(C(C)(C)C)cc1)c1ccccc1. The first-order valence-corrected chi connectivity index (χ1v) is 7.26. The van der Waals surface area contributed by atoms with Gasteiger partial charge < -0.3 is 0 Å². The van der Waals surface area contributed by atoms with E-state index in [0.29, 0.717) is 0 Å². The average Bonchev–Trinajstić information content (AvgIpc) is 2.48. The zero-order valence-corrected chi connectivity index (χ0v) is 13.0. The van der Waals surface area contributed by atoms with Crippen molar-refractivity contribution < 1.29 is 4.79 Å². The molecule has 1 heteroatoms. The molecular weight excluding hydrogens is 256 g/mol. The summed E-state index contributed by atoms with van der Waals surface area (Å²) < 4.78 is 0. The minimum absolute atomic E-state index is 0.0941. The van der Waals surface area contributed by atoms with E-state index in [1.807, 2.05) is 54.6 Å². The Morgan fingerprint density at radius 3 is 2.05 bits per heavy atom. The van der Waals surface area contributed by atoms with Crippen molar-refractivity contribution in [3.63, 3.8) is 0 Å². The van der Waals surface area contributed by atoms with Gasteiger partial charge in [0.15, 0.2) is 5.78 Å². The number of rotatable bonds is 4. The van der Waals surface area contributed by atoms with E-state index in [1.165, 1.54) is 5.56 Å². The number of benzene rings is 2. The van der Waals surface area contributed by atoms with Gasteiger partial charge in [0.1, 0.15) is 0 Å². The molecule has 2 aromatic carbocycles. The molecule has 0 saturated heterocycles. The molecular formula is C20H22O. The maximum atomic E-state index is 12.7. The first kappa shape index (κ1) is 15.2. The molecule has 2 rings (SSSR count). The second kappa shape index (κ2) is 6.09. The molecule has 0 spiro atoms. The molecule has 0 saturated carbocycles. The second-order valence-electron chi connectivity index (χ2n) is 6.32. The molecule has 0 aliphatic heterocycles. The largest absolute Gasteiger partial charge is 0.293 e. The van der Waals surface area contributed by atoms with Gasteiger partial charge in [0.25, 0.3) is 0 Å². The first-order chi connectivity index (χ1) is 9.93. The molecule has 0 heterocycles. The Morgan fingerprint density at radius 1 is 1.00 bits per heavy atom. The zero-order chi connectivity index (χ0) is 15.5. The lowest BCUT2D eigenvalue weighted by molar-refractivity contribution is 0.0976. The van der Waals surface area contributed by atoms with Crippen molar-refractivity contribution in [2.24, 2.45) is 0 Å². The molecule has 0 fully saturated rings. The van der Waals surface area contributed by atoms with Crippen LogP contribution in [-0.4, -0.2) is 5.78 Å². The van der Waals surface area contributed by atoms with Crippen molar-refractivity contribution in [3.8, 4) is 0 Å². The first-order valence-electron chi connectivity index (χ1n) is 7.26. The van der Waals surface area contributed by atoms with Crippen LogP contribution in [0.25, 0.3) is 0 Å². The van der Waals surface area contributed by atoms with E-state index < -0.39 is 0 Å².